The molecule has 0 heterocycles. The van der Waals surface area contributed by atoms with Crippen LogP contribution in [0.2, 0.25) is 5.02 Å². The number of carbonyl (C=O) groups is 1. The van der Waals surface area contributed by atoms with Crippen LogP contribution < -0.4 is 0 Å². The van der Waals surface area contributed by atoms with Gasteiger partial charge in [0.1, 0.15) is 6.54 Å². The summed E-state index contributed by atoms with van der Waals surface area (Å²) in [5.41, 5.74) is 0.487. The van der Waals surface area contributed by atoms with Crippen LogP contribution in [0.25, 0.3) is 0 Å². The van der Waals surface area contributed by atoms with Gasteiger partial charge in [0, 0.05) is 16.3 Å². The van der Waals surface area contributed by atoms with Crippen molar-refractivity contribution in [2.24, 2.45) is 4.99 Å². The molecule has 0 spiro atoms. The van der Waals surface area contributed by atoms with Gasteiger partial charge in [0.2, 0.25) is 0 Å². The fourth-order valence-electron chi connectivity index (χ4n) is 1.22. The Morgan fingerprint density at radius 1 is 1.39 bits per heavy atom. The van der Waals surface area contributed by atoms with Crippen LogP contribution in [-0.4, -0.2) is 18.5 Å². The van der Waals surface area contributed by atoms with E-state index in [1.165, 1.54) is 0 Å². The minimum atomic E-state index is -0.100. The summed E-state index contributed by atoms with van der Waals surface area (Å²) in [4.78, 5) is 15.9. The van der Waals surface area contributed by atoms with E-state index < -0.39 is 0 Å². The maximum Gasteiger partial charge on any atom is 0.185 e. The average Bonchev–Trinajstić information content (AvgIpc) is 2.36. The van der Waals surface area contributed by atoms with Crippen molar-refractivity contribution in [2.45, 2.75) is 6.92 Å². The third-order valence-electron chi connectivity index (χ3n) is 2.07. The summed E-state index contributed by atoms with van der Waals surface area (Å²) in [5.74, 6) is -0.100. The summed E-state index contributed by atoms with van der Waals surface area (Å²) < 4.78 is 0.826. The fourth-order valence-corrected chi connectivity index (χ4v) is 1.80. The van der Waals surface area contributed by atoms with Crippen LogP contribution in [0.4, 0.5) is 0 Å². The molecule has 94 valence electrons. The van der Waals surface area contributed by atoms with Crippen molar-refractivity contribution in [3.8, 4) is 0 Å². The molecule has 0 amide bonds. The summed E-state index contributed by atoms with van der Waals surface area (Å²) in [7, 11) is 0. The summed E-state index contributed by atoms with van der Waals surface area (Å²) in [6, 6.07) is 5.19. The summed E-state index contributed by atoms with van der Waals surface area (Å²) in [6.07, 6.45) is 9.02. The van der Waals surface area contributed by atoms with Crippen LogP contribution in [0.15, 0.2) is 52.0 Å². The highest BCUT2D eigenvalue weighted by Crippen LogP contribution is 2.21. The Bertz CT molecular complexity index is 507. The van der Waals surface area contributed by atoms with Gasteiger partial charge in [-0.05, 0) is 31.2 Å². The molecule has 0 saturated carbocycles. The standard InChI is InChI=1S/C14H13BrClNO/c1-2-3-4-5-8-17-10-14(18)12-9-11(15)6-7-13(12)16/h2-9H,10H2,1H3/b3-2-,5-4-,17-8+. The molecule has 0 radical (unpaired) electrons. The molecule has 0 aliphatic carbocycles. The summed E-state index contributed by atoms with van der Waals surface area (Å²) >= 11 is 9.26. The minimum Gasteiger partial charge on any atom is -0.292 e. The second-order valence-corrected chi connectivity index (χ2v) is 4.77. The van der Waals surface area contributed by atoms with E-state index in [9.17, 15) is 4.79 Å². The lowest BCUT2D eigenvalue weighted by molar-refractivity contribution is 0.100. The van der Waals surface area contributed by atoms with Gasteiger partial charge >= 0.3 is 0 Å². The van der Waals surface area contributed by atoms with Gasteiger partial charge < -0.3 is 0 Å². The molecule has 0 N–H and O–H groups in total. The molecule has 0 fully saturated rings. The Balaban J connectivity index is 2.63. The Labute approximate surface area is 120 Å². The molecule has 0 unspecified atom stereocenters. The van der Waals surface area contributed by atoms with Crippen molar-refractivity contribution in [3.63, 3.8) is 0 Å². The number of nitrogens with zero attached hydrogens (tertiary/aromatic N) is 1. The molecule has 0 aliphatic heterocycles. The lowest BCUT2D eigenvalue weighted by atomic mass is 10.1. The maximum atomic E-state index is 11.8. The quantitative estimate of drug-likeness (QED) is 0.445. The molecule has 1 aromatic carbocycles. The van der Waals surface area contributed by atoms with E-state index in [1.807, 2.05) is 25.2 Å². The SMILES string of the molecule is C\C=C/C=C\C=N\CC(=O)c1cc(Br)ccc1Cl. The smallest absolute Gasteiger partial charge is 0.185 e. The number of hydrogen-bond donors (Lipinski definition) is 0. The first kappa shape index (κ1) is 14.9. The van der Waals surface area contributed by atoms with Gasteiger partial charge in [0.25, 0.3) is 0 Å². The predicted octanol–water partition coefficient (Wildman–Crippen LogP) is 4.49. The van der Waals surface area contributed by atoms with Gasteiger partial charge in [-0.1, -0.05) is 45.8 Å². The molecular formula is C14H13BrClNO. The Morgan fingerprint density at radius 3 is 2.89 bits per heavy atom. The topological polar surface area (TPSA) is 29.4 Å². The van der Waals surface area contributed by atoms with Gasteiger partial charge in [0.15, 0.2) is 5.78 Å². The first-order chi connectivity index (χ1) is 8.65. The molecule has 0 saturated heterocycles. The number of hydrogen-bond acceptors (Lipinski definition) is 2. The van der Waals surface area contributed by atoms with Crippen molar-refractivity contribution in [1.82, 2.24) is 0 Å². The van der Waals surface area contributed by atoms with Crippen LogP contribution in [0, 0.1) is 0 Å². The molecular weight excluding hydrogens is 314 g/mol. The lowest BCUT2D eigenvalue weighted by Gasteiger charge is -2.01. The summed E-state index contributed by atoms with van der Waals surface area (Å²) in [5, 5.41) is 0.447. The number of Topliss-reactive ketones (excluding diaryl/α,β-unsaturated/α-hetero) is 1. The second-order valence-electron chi connectivity index (χ2n) is 3.45. The van der Waals surface area contributed by atoms with Gasteiger partial charge in [-0.2, -0.15) is 0 Å². The van der Waals surface area contributed by atoms with Crippen molar-refractivity contribution in [1.29, 1.82) is 0 Å². The molecule has 1 rings (SSSR count). The van der Waals surface area contributed by atoms with E-state index >= 15 is 0 Å². The Morgan fingerprint density at radius 2 is 2.17 bits per heavy atom. The number of carbonyl (C=O) groups excluding carboxylic acids is 1. The van der Waals surface area contributed by atoms with Crippen LogP contribution in [0.1, 0.15) is 17.3 Å². The average molecular weight is 327 g/mol. The molecule has 0 aliphatic rings. The Hall–Kier alpha value is -1.19. The van der Waals surface area contributed by atoms with Gasteiger partial charge in [0.05, 0.1) is 5.02 Å². The van der Waals surface area contributed by atoms with Crippen LogP contribution in [0.5, 0.6) is 0 Å². The zero-order chi connectivity index (χ0) is 13.4. The zero-order valence-electron chi connectivity index (χ0n) is 9.94. The van der Waals surface area contributed by atoms with Crippen molar-refractivity contribution >= 4 is 39.5 Å². The van der Waals surface area contributed by atoms with Gasteiger partial charge in [-0.15, -0.1) is 0 Å². The van der Waals surface area contributed by atoms with E-state index in [2.05, 4.69) is 20.9 Å². The molecule has 18 heavy (non-hydrogen) atoms. The third kappa shape index (κ3) is 4.98. The van der Waals surface area contributed by atoms with Crippen LogP contribution in [-0.2, 0) is 0 Å². The highest BCUT2D eigenvalue weighted by Gasteiger charge is 2.09. The number of benzene rings is 1. The van der Waals surface area contributed by atoms with E-state index in [4.69, 9.17) is 11.6 Å². The van der Waals surface area contributed by atoms with Crippen molar-refractivity contribution < 1.29 is 4.79 Å². The van der Waals surface area contributed by atoms with Gasteiger partial charge in [-0.3, -0.25) is 9.79 Å². The summed E-state index contributed by atoms with van der Waals surface area (Å²) in [6.45, 7) is 2.02. The molecule has 0 aromatic heterocycles. The van der Waals surface area contributed by atoms with Crippen LogP contribution in [0.3, 0.4) is 0 Å². The first-order valence-corrected chi connectivity index (χ1v) is 6.58. The first-order valence-electron chi connectivity index (χ1n) is 5.41. The molecule has 2 nitrogen and oxygen atoms in total. The predicted molar refractivity (Wildman–Crippen MR) is 80.8 cm³/mol. The molecule has 0 bridgehead atoms. The van der Waals surface area contributed by atoms with Gasteiger partial charge in [-0.25, -0.2) is 0 Å². The second kappa shape index (κ2) is 8.01. The molecule has 4 heteroatoms. The highest BCUT2D eigenvalue weighted by atomic mass is 79.9. The largest absolute Gasteiger partial charge is 0.292 e. The minimum absolute atomic E-state index is 0.0936. The third-order valence-corrected chi connectivity index (χ3v) is 2.89. The normalized spacial score (nSPS) is 11.9. The monoisotopic (exact) mass is 325 g/mol. The number of halogens is 2. The Kier molecular flexibility index (Phi) is 6.61. The number of allylic oxidation sites excluding steroid dienone is 4. The molecule has 1 aromatic rings. The zero-order valence-corrected chi connectivity index (χ0v) is 12.3. The lowest BCUT2D eigenvalue weighted by Crippen LogP contribution is -2.04. The van der Waals surface area contributed by atoms with E-state index in [0.717, 1.165) is 4.47 Å². The van der Waals surface area contributed by atoms with E-state index in [1.54, 1.807) is 30.5 Å². The highest BCUT2D eigenvalue weighted by molar-refractivity contribution is 9.10. The van der Waals surface area contributed by atoms with Crippen molar-refractivity contribution in [2.75, 3.05) is 6.54 Å². The van der Waals surface area contributed by atoms with Crippen LogP contribution >= 0.6 is 27.5 Å². The van der Waals surface area contributed by atoms with E-state index in [-0.39, 0.29) is 12.3 Å². The molecule has 0 atom stereocenters. The maximum absolute atomic E-state index is 11.8. The number of aliphatic imine (C=N–C) groups is 1. The van der Waals surface area contributed by atoms with Crippen molar-refractivity contribution in [3.05, 3.63) is 57.6 Å². The number of ketones is 1. The number of rotatable bonds is 5. The fraction of sp³-hybridized carbons (Fsp3) is 0.143. The van der Waals surface area contributed by atoms with E-state index in [0.29, 0.717) is 10.6 Å².